The van der Waals surface area contributed by atoms with E-state index in [0.29, 0.717) is 17.7 Å². The molecule has 2 aromatic carbocycles. The molecule has 0 unspecified atom stereocenters. The molecule has 8 nitrogen and oxygen atoms in total. The van der Waals surface area contributed by atoms with Gasteiger partial charge in [0, 0.05) is 51.3 Å². The molecule has 0 saturated heterocycles. The molecule has 1 heterocycles. The maximum atomic E-state index is 14.5. The van der Waals surface area contributed by atoms with Gasteiger partial charge in [-0.1, -0.05) is 26.0 Å². The van der Waals surface area contributed by atoms with E-state index in [4.69, 9.17) is 9.47 Å². The third-order valence-electron chi connectivity index (χ3n) is 6.42. The lowest BCUT2D eigenvalue weighted by Crippen LogP contribution is -2.48. The molecule has 0 spiro atoms. The first-order valence-electron chi connectivity index (χ1n) is 12.1. The number of nitrogens with one attached hydrogen (secondary N) is 1. The fourth-order valence-electron chi connectivity index (χ4n) is 4.17. The minimum Gasteiger partial charge on any atom is -0.491 e. The van der Waals surface area contributed by atoms with Crippen molar-refractivity contribution in [3.05, 3.63) is 59.4 Å². The quantitative estimate of drug-likeness (QED) is 0.691. The second-order valence-corrected chi connectivity index (χ2v) is 9.15. The van der Waals surface area contributed by atoms with E-state index in [1.165, 1.54) is 18.2 Å². The van der Waals surface area contributed by atoms with Crippen molar-refractivity contribution in [3.8, 4) is 5.75 Å². The molecule has 3 atom stereocenters. The lowest BCUT2D eigenvalue weighted by Gasteiger charge is -2.36. The number of fused-ring (bicyclic) bond motifs is 1. The zero-order valence-corrected chi connectivity index (χ0v) is 21.4. The van der Waals surface area contributed by atoms with E-state index in [-0.39, 0.29) is 54.8 Å². The van der Waals surface area contributed by atoms with Gasteiger partial charge in [-0.25, -0.2) is 4.39 Å². The minimum atomic E-state index is -0.593. The van der Waals surface area contributed by atoms with Crippen molar-refractivity contribution in [2.75, 3.05) is 39.2 Å². The summed E-state index contributed by atoms with van der Waals surface area (Å²) < 4.78 is 26.3. The van der Waals surface area contributed by atoms with Crippen molar-refractivity contribution < 1.29 is 28.2 Å². The fraction of sp³-hybridized carbons (Fsp3) is 0.444. The number of benzene rings is 2. The Hall–Kier alpha value is -3.46. The summed E-state index contributed by atoms with van der Waals surface area (Å²) in [6, 6.07) is 10.3. The number of likely N-dealkylation sites (N-methyl/N-ethyl adjacent to an activating group) is 1. The summed E-state index contributed by atoms with van der Waals surface area (Å²) in [5.41, 5.74) is 0.808. The molecular formula is C27H34FN3O5. The first-order valence-corrected chi connectivity index (χ1v) is 12.1. The highest BCUT2D eigenvalue weighted by Gasteiger charge is 2.31. The summed E-state index contributed by atoms with van der Waals surface area (Å²) in [6.07, 6.45) is -0.0608. The fourth-order valence-corrected chi connectivity index (χ4v) is 4.17. The molecule has 0 aromatic heterocycles. The summed E-state index contributed by atoms with van der Waals surface area (Å²) in [5, 5.41) is 2.77. The van der Waals surface area contributed by atoms with Gasteiger partial charge in [0.05, 0.1) is 23.3 Å². The number of nitrogens with zero attached hydrogens (tertiary/aromatic N) is 2. The highest BCUT2D eigenvalue weighted by molar-refractivity contribution is 5.98. The number of carbonyl (C=O) groups is 3. The van der Waals surface area contributed by atoms with E-state index in [0.717, 1.165) is 0 Å². The van der Waals surface area contributed by atoms with Crippen molar-refractivity contribution in [1.82, 2.24) is 9.80 Å². The second kappa shape index (κ2) is 12.0. The Morgan fingerprint density at radius 3 is 2.56 bits per heavy atom. The molecule has 1 aliphatic heterocycles. The highest BCUT2D eigenvalue weighted by atomic mass is 19.1. The Morgan fingerprint density at radius 1 is 1.17 bits per heavy atom. The summed E-state index contributed by atoms with van der Waals surface area (Å²) >= 11 is 0. The predicted molar refractivity (Wildman–Crippen MR) is 135 cm³/mol. The van der Waals surface area contributed by atoms with Crippen LogP contribution in [-0.2, 0) is 9.53 Å². The molecule has 0 saturated carbocycles. The van der Waals surface area contributed by atoms with Gasteiger partial charge in [0.2, 0.25) is 5.91 Å². The van der Waals surface area contributed by atoms with Crippen LogP contribution in [0.2, 0.25) is 0 Å². The van der Waals surface area contributed by atoms with E-state index in [1.807, 2.05) is 13.8 Å². The first kappa shape index (κ1) is 27.1. The maximum absolute atomic E-state index is 14.5. The summed E-state index contributed by atoms with van der Waals surface area (Å²) in [4.78, 5) is 41.7. The lowest BCUT2D eigenvalue weighted by atomic mass is 10.0. The van der Waals surface area contributed by atoms with Crippen LogP contribution >= 0.6 is 0 Å². The largest absolute Gasteiger partial charge is 0.491 e. The van der Waals surface area contributed by atoms with Crippen molar-refractivity contribution >= 4 is 23.4 Å². The summed E-state index contributed by atoms with van der Waals surface area (Å²) in [5.74, 6) is -1.33. The molecule has 0 aliphatic carbocycles. The van der Waals surface area contributed by atoms with Crippen LogP contribution in [0.5, 0.6) is 5.75 Å². The number of anilines is 1. The van der Waals surface area contributed by atoms with E-state index in [1.54, 1.807) is 55.1 Å². The third kappa shape index (κ3) is 6.20. The Kier molecular flexibility index (Phi) is 9.03. The monoisotopic (exact) mass is 499 g/mol. The van der Waals surface area contributed by atoms with Crippen molar-refractivity contribution in [2.45, 2.75) is 39.3 Å². The van der Waals surface area contributed by atoms with Crippen molar-refractivity contribution in [1.29, 1.82) is 0 Å². The number of ether oxygens (including phenoxy) is 2. The number of rotatable bonds is 4. The van der Waals surface area contributed by atoms with Crippen molar-refractivity contribution in [3.63, 3.8) is 0 Å². The number of hydrogen-bond acceptors (Lipinski definition) is 5. The van der Waals surface area contributed by atoms with Crippen LogP contribution in [0.3, 0.4) is 0 Å². The van der Waals surface area contributed by atoms with Gasteiger partial charge in [-0.05, 0) is 31.2 Å². The van der Waals surface area contributed by atoms with Gasteiger partial charge >= 0.3 is 0 Å². The van der Waals surface area contributed by atoms with Crippen LogP contribution < -0.4 is 10.1 Å². The van der Waals surface area contributed by atoms with Gasteiger partial charge in [0.1, 0.15) is 18.2 Å². The SMILES string of the molecule is CCC(=O)Nc1ccc2c(c1)OC[C@H](C)N(C(=O)c1ccccc1F)C[C@H](C)[C@H](OC)CN(C)C2=O. The van der Waals surface area contributed by atoms with Gasteiger partial charge in [0.15, 0.2) is 0 Å². The van der Waals surface area contributed by atoms with Gasteiger partial charge in [-0.3, -0.25) is 14.4 Å². The topological polar surface area (TPSA) is 88.2 Å². The van der Waals surface area contributed by atoms with Crippen LogP contribution in [0.15, 0.2) is 42.5 Å². The Labute approximate surface area is 211 Å². The van der Waals surface area contributed by atoms with E-state index >= 15 is 0 Å². The molecule has 0 bridgehead atoms. The average molecular weight is 500 g/mol. The van der Waals surface area contributed by atoms with E-state index in [9.17, 15) is 18.8 Å². The molecule has 0 radical (unpaired) electrons. The Morgan fingerprint density at radius 2 is 1.89 bits per heavy atom. The average Bonchev–Trinajstić information content (AvgIpc) is 2.87. The minimum absolute atomic E-state index is 0.0186. The molecule has 3 amide bonds. The predicted octanol–water partition coefficient (Wildman–Crippen LogP) is 3.82. The Bertz CT molecular complexity index is 1110. The molecule has 0 fully saturated rings. The van der Waals surface area contributed by atoms with Crippen molar-refractivity contribution in [2.24, 2.45) is 5.92 Å². The standard InChI is InChI=1S/C27H34FN3O5/c1-6-25(32)29-19-11-12-21-23(13-19)36-16-18(3)31(27(34)20-9-7-8-10-22(20)28)14-17(2)24(35-5)15-30(4)26(21)33/h7-13,17-18,24H,6,14-16H2,1-5H3,(H,29,32)/t17-,18-,24+/m0/s1. The number of halogens is 1. The summed E-state index contributed by atoms with van der Waals surface area (Å²) in [6.45, 7) is 6.10. The van der Waals surface area contributed by atoms with E-state index in [2.05, 4.69) is 5.32 Å². The highest BCUT2D eigenvalue weighted by Crippen LogP contribution is 2.27. The van der Waals surface area contributed by atoms with Crippen LogP contribution in [0.25, 0.3) is 0 Å². The molecule has 1 N–H and O–H groups in total. The zero-order chi connectivity index (χ0) is 26.4. The number of methoxy groups -OCH3 is 1. The molecule has 9 heteroatoms. The van der Waals surface area contributed by atoms with Crippen LogP contribution in [0.1, 0.15) is 47.9 Å². The maximum Gasteiger partial charge on any atom is 0.257 e. The normalized spacial score (nSPS) is 21.1. The molecule has 1 aliphatic rings. The molecule has 194 valence electrons. The third-order valence-corrected chi connectivity index (χ3v) is 6.42. The van der Waals surface area contributed by atoms with Gasteiger partial charge in [0.25, 0.3) is 11.8 Å². The number of hydrogen-bond donors (Lipinski definition) is 1. The van der Waals surface area contributed by atoms with Crippen LogP contribution in [0, 0.1) is 11.7 Å². The first-order chi connectivity index (χ1) is 17.2. The smallest absolute Gasteiger partial charge is 0.257 e. The van der Waals surface area contributed by atoms with Crippen LogP contribution in [0.4, 0.5) is 10.1 Å². The molecule has 2 aromatic rings. The Balaban J connectivity index is 2.01. The molecular weight excluding hydrogens is 465 g/mol. The van der Waals surface area contributed by atoms with Gasteiger partial charge in [-0.2, -0.15) is 0 Å². The summed E-state index contributed by atoms with van der Waals surface area (Å²) in [7, 11) is 3.24. The van der Waals surface area contributed by atoms with Gasteiger partial charge in [-0.15, -0.1) is 0 Å². The molecule has 36 heavy (non-hydrogen) atoms. The number of amides is 3. The second-order valence-electron chi connectivity index (χ2n) is 9.15. The lowest BCUT2D eigenvalue weighted by molar-refractivity contribution is -0.115. The zero-order valence-electron chi connectivity index (χ0n) is 21.4. The van der Waals surface area contributed by atoms with E-state index < -0.39 is 17.8 Å². The van der Waals surface area contributed by atoms with Gasteiger partial charge < -0.3 is 24.6 Å². The van der Waals surface area contributed by atoms with Crippen LogP contribution in [-0.4, -0.2) is 73.5 Å². The number of carbonyl (C=O) groups excluding carboxylic acids is 3. The molecule has 3 rings (SSSR count).